The predicted molar refractivity (Wildman–Crippen MR) is 95.5 cm³/mol. The molecule has 0 spiro atoms. The van der Waals surface area contributed by atoms with Crippen molar-refractivity contribution in [1.82, 2.24) is 24.3 Å². The molecule has 0 atom stereocenters. The molecule has 0 unspecified atom stereocenters. The molecule has 4 rings (SSSR count). The molecule has 3 aromatic heterocycles. The summed E-state index contributed by atoms with van der Waals surface area (Å²) in [6.45, 7) is 0. The van der Waals surface area contributed by atoms with Gasteiger partial charge in [0.2, 0.25) is 5.88 Å². The predicted octanol–water partition coefficient (Wildman–Crippen LogP) is 2.34. The summed E-state index contributed by atoms with van der Waals surface area (Å²) in [7, 11) is 5.29. The molecule has 0 aliphatic heterocycles. The van der Waals surface area contributed by atoms with E-state index in [1.807, 2.05) is 41.9 Å². The number of hydrogen-bond donors (Lipinski definition) is 1. The van der Waals surface area contributed by atoms with Gasteiger partial charge in [0, 0.05) is 42.9 Å². The lowest BCUT2D eigenvalue weighted by atomic mass is 10.0. The molecular weight excluding hydrogens is 318 g/mol. The van der Waals surface area contributed by atoms with Crippen molar-refractivity contribution < 1.29 is 4.74 Å². The van der Waals surface area contributed by atoms with Crippen molar-refractivity contribution in [1.29, 1.82) is 0 Å². The number of nitrogens with zero attached hydrogens (tertiary/aromatic N) is 4. The van der Waals surface area contributed by atoms with E-state index in [0.717, 1.165) is 27.6 Å². The summed E-state index contributed by atoms with van der Waals surface area (Å²) in [4.78, 5) is 15.9. The zero-order valence-corrected chi connectivity index (χ0v) is 14.1. The van der Waals surface area contributed by atoms with Crippen molar-refractivity contribution in [3.05, 3.63) is 53.2 Å². The Morgan fingerprint density at radius 3 is 2.68 bits per heavy atom. The molecule has 7 nitrogen and oxygen atoms in total. The molecule has 25 heavy (non-hydrogen) atoms. The van der Waals surface area contributed by atoms with Crippen LogP contribution in [0.15, 0.2) is 47.5 Å². The maximum absolute atomic E-state index is 11.6. The van der Waals surface area contributed by atoms with E-state index in [1.165, 1.54) is 4.57 Å². The molecule has 0 saturated heterocycles. The standard InChI is InChI=1S/C18H17N5O2/c1-22-10-14(13-8-16(25-3)19-9-15(13)22)11-5-4-6-12(7-11)17-20-21-18(24)23(17)2/h4-10H,1-3H3,(H,21,24). The topological polar surface area (TPSA) is 77.7 Å². The van der Waals surface area contributed by atoms with Gasteiger partial charge >= 0.3 is 5.69 Å². The van der Waals surface area contributed by atoms with Crippen molar-refractivity contribution in [2.45, 2.75) is 0 Å². The monoisotopic (exact) mass is 335 g/mol. The molecule has 1 N–H and O–H groups in total. The third kappa shape index (κ3) is 2.40. The molecule has 0 amide bonds. The fourth-order valence-corrected chi connectivity index (χ4v) is 3.03. The fraction of sp³-hybridized carbons (Fsp3) is 0.167. The zero-order valence-electron chi connectivity index (χ0n) is 14.1. The summed E-state index contributed by atoms with van der Waals surface area (Å²) < 4.78 is 8.79. The number of nitrogens with one attached hydrogen (secondary N) is 1. The number of aryl methyl sites for hydroxylation is 1. The molecule has 126 valence electrons. The molecule has 7 heteroatoms. The Balaban J connectivity index is 1.91. The third-order valence-electron chi connectivity index (χ3n) is 4.37. The van der Waals surface area contributed by atoms with Gasteiger partial charge in [-0.3, -0.25) is 4.57 Å². The van der Waals surface area contributed by atoms with Gasteiger partial charge in [0.25, 0.3) is 0 Å². The van der Waals surface area contributed by atoms with Crippen molar-refractivity contribution in [3.8, 4) is 28.4 Å². The summed E-state index contributed by atoms with van der Waals surface area (Å²) in [5, 5.41) is 7.64. The summed E-state index contributed by atoms with van der Waals surface area (Å²) in [5.41, 5.74) is 3.76. The highest BCUT2D eigenvalue weighted by atomic mass is 16.5. The van der Waals surface area contributed by atoms with Gasteiger partial charge in [-0.2, -0.15) is 5.10 Å². The van der Waals surface area contributed by atoms with Crippen LogP contribution in [0.2, 0.25) is 0 Å². The van der Waals surface area contributed by atoms with E-state index >= 15 is 0 Å². The number of aromatic amines is 1. The SMILES string of the molecule is COc1cc2c(-c3cccc(-c4n[nH]c(=O)n4C)c3)cn(C)c2cn1. The summed E-state index contributed by atoms with van der Waals surface area (Å²) >= 11 is 0. The van der Waals surface area contributed by atoms with E-state index in [2.05, 4.69) is 21.4 Å². The van der Waals surface area contributed by atoms with Crippen LogP contribution in [-0.4, -0.2) is 31.4 Å². The Bertz CT molecular complexity index is 1140. The van der Waals surface area contributed by atoms with E-state index in [1.54, 1.807) is 20.4 Å². The van der Waals surface area contributed by atoms with Gasteiger partial charge in [-0.1, -0.05) is 18.2 Å². The fourth-order valence-electron chi connectivity index (χ4n) is 3.03. The van der Waals surface area contributed by atoms with Crippen molar-refractivity contribution in [2.24, 2.45) is 14.1 Å². The molecule has 0 aliphatic rings. The van der Waals surface area contributed by atoms with E-state index in [0.29, 0.717) is 11.7 Å². The number of H-pyrrole nitrogens is 1. The number of rotatable bonds is 3. The highest BCUT2D eigenvalue weighted by molar-refractivity contribution is 5.96. The Morgan fingerprint density at radius 2 is 1.96 bits per heavy atom. The smallest absolute Gasteiger partial charge is 0.343 e. The number of pyridine rings is 1. The van der Waals surface area contributed by atoms with Gasteiger partial charge in [-0.15, -0.1) is 0 Å². The Hall–Kier alpha value is -3.35. The lowest BCUT2D eigenvalue weighted by Crippen LogP contribution is -2.13. The van der Waals surface area contributed by atoms with Crippen LogP contribution < -0.4 is 10.4 Å². The molecule has 0 radical (unpaired) electrons. The first kappa shape index (κ1) is 15.2. The van der Waals surface area contributed by atoms with Gasteiger partial charge in [0.15, 0.2) is 5.82 Å². The van der Waals surface area contributed by atoms with Crippen LogP contribution in [0.4, 0.5) is 0 Å². The van der Waals surface area contributed by atoms with Crippen LogP contribution in [0.1, 0.15) is 0 Å². The van der Waals surface area contributed by atoms with E-state index in [9.17, 15) is 4.79 Å². The quantitative estimate of drug-likeness (QED) is 0.623. The second kappa shape index (κ2) is 5.62. The molecule has 0 saturated carbocycles. The third-order valence-corrected chi connectivity index (χ3v) is 4.37. The average Bonchev–Trinajstić information content (AvgIpc) is 3.15. The van der Waals surface area contributed by atoms with Crippen molar-refractivity contribution in [2.75, 3.05) is 7.11 Å². The van der Waals surface area contributed by atoms with Crippen LogP contribution in [-0.2, 0) is 14.1 Å². The molecule has 0 fully saturated rings. The summed E-state index contributed by atoms with van der Waals surface area (Å²) in [5.74, 6) is 1.18. The summed E-state index contributed by atoms with van der Waals surface area (Å²) in [6, 6.07) is 9.89. The minimum absolute atomic E-state index is 0.235. The lowest BCUT2D eigenvalue weighted by molar-refractivity contribution is 0.398. The number of aromatic nitrogens is 5. The number of methoxy groups -OCH3 is 1. The maximum Gasteiger partial charge on any atom is 0.343 e. The molecular formula is C18H17N5O2. The normalized spacial score (nSPS) is 11.2. The van der Waals surface area contributed by atoms with Crippen LogP contribution >= 0.6 is 0 Å². The van der Waals surface area contributed by atoms with Gasteiger partial charge in [0.05, 0.1) is 18.8 Å². The van der Waals surface area contributed by atoms with Gasteiger partial charge < -0.3 is 9.30 Å². The Labute approximate surface area is 143 Å². The van der Waals surface area contributed by atoms with Gasteiger partial charge in [-0.05, 0) is 11.6 Å². The molecule has 0 aliphatic carbocycles. The van der Waals surface area contributed by atoms with E-state index in [4.69, 9.17) is 4.74 Å². The van der Waals surface area contributed by atoms with E-state index in [-0.39, 0.29) is 5.69 Å². The van der Waals surface area contributed by atoms with Gasteiger partial charge in [0.1, 0.15) is 0 Å². The molecule has 1 aromatic carbocycles. The number of hydrogen-bond acceptors (Lipinski definition) is 4. The maximum atomic E-state index is 11.6. The average molecular weight is 335 g/mol. The summed E-state index contributed by atoms with van der Waals surface area (Å²) in [6.07, 6.45) is 3.87. The zero-order chi connectivity index (χ0) is 17.6. The van der Waals surface area contributed by atoms with Gasteiger partial charge in [-0.25, -0.2) is 14.9 Å². The molecule has 3 heterocycles. The van der Waals surface area contributed by atoms with Crippen molar-refractivity contribution >= 4 is 10.9 Å². The van der Waals surface area contributed by atoms with Crippen molar-refractivity contribution in [3.63, 3.8) is 0 Å². The largest absolute Gasteiger partial charge is 0.481 e. The van der Waals surface area contributed by atoms with Crippen LogP contribution in [0.25, 0.3) is 33.4 Å². The molecule has 0 bridgehead atoms. The Morgan fingerprint density at radius 1 is 1.16 bits per heavy atom. The Kier molecular flexibility index (Phi) is 3.42. The second-order valence-corrected chi connectivity index (χ2v) is 5.89. The van der Waals surface area contributed by atoms with Crippen LogP contribution in [0, 0.1) is 0 Å². The molecule has 4 aromatic rings. The minimum atomic E-state index is -0.235. The first-order valence-corrected chi connectivity index (χ1v) is 7.80. The first-order valence-electron chi connectivity index (χ1n) is 7.80. The number of benzene rings is 1. The second-order valence-electron chi connectivity index (χ2n) is 5.89. The highest BCUT2D eigenvalue weighted by Gasteiger charge is 2.13. The lowest BCUT2D eigenvalue weighted by Gasteiger charge is -2.05. The van der Waals surface area contributed by atoms with Crippen LogP contribution in [0.5, 0.6) is 5.88 Å². The highest BCUT2D eigenvalue weighted by Crippen LogP contribution is 2.33. The number of fused-ring (bicyclic) bond motifs is 1. The van der Waals surface area contributed by atoms with E-state index < -0.39 is 0 Å². The number of ether oxygens (including phenoxy) is 1. The minimum Gasteiger partial charge on any atom is -0.481 e. The van der Waals surface area contributed by atoms with Crippen LogP contribution in [0.3, 0.4) is 0 Å². The first-order chi connectivity index (χ1) is 12.1.